The second-order valence-electron chi connectivity index (χ2n) is 4.07. The van der Waals surface area contributed by atoms with Crippen molar-refractivity contribution in [3.63, 3.8) is 0 Å². The normalized spacial score (nSPS) is 11.5. The summed E-state index contributed by atoms with van der Waals surface area (Å²) in [4.78, 5) is 22.4. The maximum atomic E-state index is 11.3. The largest absolute Gasteiger partial charge is 0.458 e. The molecule has 5 heteroatoms. The van der Waals surface area contributed by atoms with Crippen molar-refractivity contribution in [3.05, 3.63) is 24.8 Å². The highest BCUT2D eigenvalue weighted by Gasteiger charge is 2.16. The maximum Gasteiger partial charge on any atom is 0.333 e. The molecule has 0 saturated carbocycles. The molecule has 0 rings (SSSR count). The summed E-state index contributed by atoms with van der Waals surface area (Å²) in [5.74, 6) is -1.09. The first-order chi connectivity index (χ1) is 9.01. The molecule has 0 saturated heterocycles. The molecule has 1 atom stereocenters. The van der Waals surface area contributed by atoms with Gasteiger partial charge < -0.3 is 14.2 Å². The third kappa shape index (κ3) is 9.02. The predicted molar refractivity (Wildman–Crippen MR) is 71.6 cm³/mol. The number of rotatable bonds is 10. The standard InChI is InChI=1S/C14H22O5/c1-5-7-8-17-9-12(19-13(15)6-2)10-18-14(16)11(3)4/h6,12H,2-3,5,7-10H2,1,4H3. The van der Waals surface area contributed by atoms with Gasteiger partial charge in [0.1, 0.15) is 6.61 Å². The molecule has 0 radical (unpaired) electrons. The first-order valence-electron chi connectivity index (χ1n) is 6.24. The second-order valence-corrected chi connectivity index (χ2v) is 4.07. The molecule has 5 nitrogen and oxygen atoms in total. The fraction of sp³-hybridized carbons (Fsp3) is 0.571. The summed E-state index contributed by atoms with van der Waals surface area (Å²) in [6.45, 7) is 11.1. The van der Waals surface area contributed by atoms with E-state index in [9.17, 15) is 9.59 Å². The number of hydrogen-bond donors (Lipinski definition) is 0. The summed E-state index contributed by atoms with van der Waals surface area (Å²) < 4.78 is 15.3. The third-order valence-electron chi connectivity index (χ3n) is 2.14. The summed E-state index contributed by atoms with van der Waals surface area (Å²) in [6, 6.07) is 0. The van der Waals surface area contributed by atoms with Crippen molar-refractivity contribution < 1.29 is 23.8 Å². The van der Waals surface area contributed by atoms with Crippen molar-refractivity contribution in [3.8, 4) is 0 Å². The molecule has 0 aliphatic carbocycles. The topological polar surface area (TPSA) is 61.8 Å². The monoisotopic (exact) mass is 270 g/mol. The molecular weight excluding hydrogens is 248 g/mol. The van der Waals surface area contributed by atoms with Crippen LogP contribution in [0.5, 0.6) is 0 Å². The van der Waals surface area contributed by atoms with Crippen molar-refractivity contribution in [1.29, 1.82) is 0 Å². The van der Waals surface area contributed by atoms with Gasteiger partial charge >= 0.3 is 11.9 Å². The van der Waals surface area contributed by atoms with Crippen molar-refractivity contribution >= 4 is 11.9 Å². The highest BCUT2D eigenvalue weighted by molar-refractivity contribution is 5.87. The molecule has 0 spiro atoms. The minimum Gasteiger partial charge on any atom is -0.458 e. The zero-order chi connectivity index (χ0) is 14.7. The number of carbonyl (C=O) groups excluding carboxylic acids is 2. The minimum absolute atomic E-state index is 0.0581. The quantitative estimate of drug-likeness (QED) is 0.345. The van der Waals surface area contributed by atoms with Crippen LogP contribution in [0.3, 0.4) is 0 Å². The van der Waals surface area contributed by atoms with Gasteiger partial charge in [0.2, 0.25) is 0 Å². The molecular formula is C14H22O5. The van der Waals surface area contributed by atoms with Gasteiger partial charge in [0.05, 0.1) is 6.61 Å². The molecule has 0 N–H and O–H groups in total. The van der Waals surface area contributed by atoms with Crippen LogP contribution < -0.4 is 0 Å². The molecule has 19 heavy (non-hydrogen) atoms. The summed E-state index contributed by atoms with van der Waals surface area (Å²) in [5.41, 5.74) is 0.292. The predicted octanol–water partition coefficient (Wildman–Crippen LogP) is 2.02. The summed E-state index contributed by atoms with van der Waals surface area (Å²) in [7, 11) is 0. The number of unbranched alkanes of at least 4 members (excludes halogenated alkanes) is 1. The van der Waals surface area contributed by atoms with E-state index < -0.39 is 18.0 Å². The van der Waals surface area contributed by atoms with E-state index in [1.165, 1.54) is 0 Å². The van der Waals surface area contributed by atoms with Gasteiger partial charge in [-0.1, -0.05) is 26.5 Å². The Labute approximate surface area is 114 Å². The summed E-state index contributed by atoms with van der Waals surface area (Å²) in [5, 5.41) is 0. The lowest BCUT2D eigenvalue weighted by Crippen LogP contribution is -2.29. The van der Waals surface area contributed by atoms with Crippen LogP contribution in [0.4, 0.5) is 0 Å². The lowest BCUT2D eigenvalue weighted by molar-refractivity contribution is -0.156. The van der Waals surface area contributed by atoms with Crippen molar-refractivity contribution in [2.75, 3.05) is 19.8 Å². The average Bonchev–Trinajstić information content (AvgIpc) is 2.39. The van der Waals surface area contributed by atoms with Crippen molar-refractivity contribution in [2.24, 2.45) is 0 Å². The molecule has 0 aliphatic rings. The highest BCUT2D eigenvalue weighted by atomic mass is 16.6. The van der Waals surface area contributed by atoms with Crippen LogP contribution in [0.2, 0.25) is 0 Å². The number of carbonyl (C=O) groups is 2. The minimum atomic E-state index is -0.634. The van der Waals surface area contributed by atoms with Crippen LogP contribution in [-0.2, 0) is 23.8 Å². The van der Waals surface area contributed by atoms with Gasteiger partial charge in [-0.2, -0.15) is 0 Å². The van der Waals surface area contributed by atoms with E-state index >= 15 is 0 Å². The maximum absolute atomic E-state index is 11.3. The van der Waals surface area contributed by atoms with Gasteiger partial charge in [0.15, 0.2) is 6.10 Å². The summed E-state index contributed by atoms with van der Waals surface area (Å²) >= 11 is 0. The Morgan fingerprint density at radius 3 is 2.53 bits per heavy atom. The van der Waals surface area contributed by atoms with Gasteiger partial charge in [-0.25, -0.2) is 9.59 Å². The Hall–Kier alpha value is -1.62. The van der Waals surface area contributed by atoms with Gasteiger partial charge in [-0.05, 0) is 13.3 Å². The first kappa shape index (κ1) is 17.4. The van der Waals surface area contributed by atoms with E-state index in [-0.39, 0.29) is 13.2 Å². The number of ether oxygens (including phenoxy) is 3. The lowest BCUT2D eigenvalue weighted by Gasteiger charge is -2.17. The Bertz CT molecular complexity index is 322. The van der Waals surface area contributed by atoms with Gasteiger partial charge in [0, 0.05) is 18.3 Å². The molecule has 1 unspecified atom stereocenters. The molecule has 0 aromatic rings. The number of esters is 2. The average molecular weight is 270 g/mol. The second kappa shape index (κ2) is 10.3. The lowest BCUT2D eigenvalue weighted by atomic mass is 10.3. The zero-order valence-electron chi connectivity index (χ0n) is 11.6. The molecule has 108 valence electrons. The first-order valence-corrected chi connectivity index (χ1v) is 6.24. The smallest absolute Gasteiger partial charge is 0.333 e. The Balaban J connectivity index is 4.16. The SMILES string of the molecule is C=CC(=O)OC(COCCCC)COC(=O)C(=C)C. The molecule has 0 aliphatic heterocycles. The Morgan fingerprint density at radius 1 is 1.32 bits per heavy atom. The van der Waals surface area contributed by atoms with Crippen molar-refractivity contribution in [2.45, 2.75) is 32.8 Å². The molecule has 0 fully saturated rings. The van der Waals surface area contributed by atoms with Crippen LogP contribution in [0, 0.1) is 0 Å². The van der Waals surface area contributed by atoms with E-state index in [0.717, 1.165) is 18.9 Å². The molecule has 0 heterocycles. The van der Waals surface area contributed by atoms with E-state index in [2.05, 4.69) is 13.2 Å². The highest BCUT2D eigenvalue weighted by Crippen LogP contribution is 2.01. The fourth-order valence-electron chi connectivity index (χ4n) is 1.08. The van der Waals surface area contributed by atoms with Crippen LogP contribution in [0.1, 0.15) is 26.7 Å². The van der Waals surface area contributed by atoms with Crippen LogP contribution >= 0.6 is 0 Å². The molecule has 0 aromatic carbocycles. The fourth-order valence-corrected chi connectivity index (χ4v) is 1.08. The van der Waals surface area contributed by atoms with Gasteiger partial charge in [-0.3, -0.25) is 0 Å². The zero-order valence-corrected chi connectivity index (χ0v) is 11.6. The van der Waals surface area contributed by atoms with Gasteiger partial charge in [-0.15, -0.1) is 0 Å². The van der Waals surface area contributed by atoms with E-state index in [4.69, 9.17) is 14.2 Å². The Kier molecular flexibility index (Phi) is 9.44. The molecule has 0 aromatic heterocycles. The third-order valence-corrected chi connectivity index (χ3v) is 2.14. The van der Waals surface area contributed by atoms with Crippen molar-refractivity contribution in [1.82, 2.24) is 0 Å². The van der Waals surface area contributed by atoms with E-state index in [1.54, 1.807) is 6.92 Å². The van der Waals surface area contributed by atoms with Gasteiger partial charge in [0.25, 0.3) is 0 Å². The van der Waals surface area contributed by atoms with Crippen LogP contribution in [0.15, 0.2) is 24.8 Å². The van der Waals surface area contributed by atoms with Crippen LogP contribution in [0.25, 0.3) is 0 Å². The molecule has 0 bridgehead atoms. The van der Waals surface area contributed by atoms with Crippen LogP contribution in [-0.4, -0.2) is 37.9 Å². The molecule has 0 amide bonds. The summed E-state index contributed by atoms with van der Waals surface area (Å²) in [6.07, 6.45) is 2.36. The van der Waals surface area contributed by atoms with E-state index in [0.29, 0.717) is 12.2 Å². The Morgan fingerprint density at radius 2 is 2.00 bits per heavy atom. The van der Waals surface area contributed by atoms with E-state index in [1.807, 2.05) is 6.92 Å². The number of hydrogen-bond acceptors (Lipinski definition) is 5.